The first-order valence-electron chi connectivity index (χ1n) is 10.2. The fourth-order valence-electron chi connectivity index (χ4n) is 3.49. The van der Waals surface area contributed by atoms with E-state index in [2.05, 4.69) is 59.6 Å². The van der Waals surface area contributed by atoms with Crippen molar-refractivity contribution in [3.8, 4) is 22.5 Å². The van der Waals surface area contributed by atoms with E-state index in [1.165, 1.54) is 11.1 Å². The van der Waals surface area contributed by atoms with Gasteiger partial charge in [-0.1, -0.05) is 91.0 Å². The molecule has 0 radical (unpaired) electrons. The summed E-state index contributed by atoms with van der Waals surface area (Å²) in [6.45, 7) is 0. The molecular weight excluding hydrogens is 380 g/mol. The molecule has 0 saturated carbocycles. The minimum Gasteiger partial charge on any atom is -0.432 e. The fourth-order valence-corrected chi connectivity index (χ4v) is 3.49. The van der Waals surface area contributed by atoms with Gasteiger partial charge in [-0.15, -0.1) is 0 Å². The number of aromatic nitrogens is 2. The second kappa shape index (κ2) is 8.64. The zero-order valence-electron chi connectivity index (χ0n) is 16.9. The Balaban J connectivity index is 1.53. The van der Waals surface area contributed by atoms with Gasteiger partial charge >= 0.3 is 0 Å². The summed E-state index contributed by atoms with van der Waals surface area (Å²) < 4.78 is 8.17. The first-order valence-corrected chi connectivity index (χ1v) is 10.2. The lowest BCUT2D eigenvalue weighted by molar-refractivity contribution is -0.579. The van der Waals surface area contributed by atoms with Gasteiger partial charge in [0.25, 0.3) is 11.6 Å². The van der Waals surface area contributed by atoms with E-state index in [0.717, 1.165) is 22.6 Å². The van der Waals surface area contributed by atoms with Crippen LogP contribution in [0, 0.1) is 0 Å². The lowest BCUT2D eigenvalue weighted by Gasteiger charge is -2.03. The zero-order chi connectivity index (χ0) is 20.9. The molecule has 2 heterocycles. The van der Waals surface area contributed by atoms with E-state index < -0.39 is 0 Å². The van der Waals surface area contributed by atoms with Gasteiger partial charge in [0.2, 0.25) is 0 Å². The number of nitrogens with zero attached hydrogens (tertiary/aromatic N) is 2. The van der Waals surface area contributed by atoms with Gasteiger partial charge in [-0.3, -0.25) is 0 Å². The highest BCUT2D eigenvalue weighted by atomic mass is 16.4. The van der Waals surface area contributed by atoms with Crippen LogP contribution in [0.3, 0.4) is 0 Å². The quantitative estimate of drug-likeness (QED) is 0.322. The van der Waals surface area contributed by atoms with Crippen molar-refractivity contribution in [3.63, 3.8) is 0 Å². The van der Waals surface area contributed by atoms with Crippen molar-refractivity contribution < 1.29 is 8.98 Å². The number of pyridine rings is 1. The van der Waals surface area contributed by atoms with Crippen LogP contribution in [-0.2, 0) is 0 Å². The lowest BCUT2D eigenvalue weighted by atomic mass is 10.0. The first-order chi connectivity index (χ1) is 15.4. The highest BCUT2D eigenvalue weighted by Gasteiger charge is 2.20. The second-order valence-electron chi connectivity index (χ2n) is 7.20. The maximum Gasteiger partial charge on any atom is 0.294 e. The molecule has 3 heteroatoms. The average Bonchev–Trinajstić information content (AvgIpc) is 3.35. The number of oxazole rings is 1. The molecule has 2 aromatic heterocycles. The second-order valence-corrected chi connectivity index (χ2v) is 7.20. The molecule has 0 N–H and O–H groups in total. The minimum atomic E-state index is 0.571. The number of benzene rings is 3. The Hall–Kier alpha value is -4.24. The molecule has 5 aromatic rings. The van der Waals surface area contributed by atoms with Crippen molar-refractivity contribution in [1.82, 2.24) is 4.98 Å². The fraction of sp³-hybridized carbons (Fsp3) is 0. The van der Waals surface area contributed by atoms with E-state index in [1.54, 1.807) is 6.20 Å². The Bertz CT molecular complexity index is 1290. The van der Waals surface area contributed by atoms with E-state index >= 15 is 0 Å². The number of rotatable bonds is 5. The first kappa shape index (κ1) is 18.8. The molecular formula is C28H21N2O+. The van der Waals surface area contributed by atoms with E-state index in [9.17, 15) is 0 Å². The standard InChI is InChI=1S/C28H21N2O/c1-4-10-23(11-5-1)24-16-14-22(15-17-24)20-26(30-18-8-3-9-19-30)28-29-21-27(31-28)25-12-6-2-7-13-25/h1-21H/q+1/b26-20-. The Morgan fingerprint density at radius 1 is 0.645 bits per heavy atom. The molecule has 0 aliphatic heterocycles. The molecule has 31 heavy (non-hydrogen) atoms. The Morgan fingerprint density at radius 2 is 1.23 bits per heavy atom. The van der Waals surface area contributed by atoms with Crippen molar-refractivity contribution in [3.05, 3.63) is 133 Å². The van der Waals surface area contributed by atoms with Crippen LogP contribution >= 0.6 is 0 Å². The third-order valence-corrected chi connectivity index (χ3v) is 5.10. The van der Waals surface area contributed by atoms with Gasteiger partial charge < -0.3 is 4.42 Å². The zero-order valence-corrected chi connectivity index (χ0v) is 16.9. The molecule has 0 aliphatic rings. The predicted molar refractivity (Wildman–Crippen MR) is 124 cm³/mol. The van der Waals surface area contributed by atoms with Crippen LogP contribution in [0.1, 0.15) is 11.5 Å². The third kappa shape index (κ3) is 4.21. The Kier molecular flexibility index (Phi) is 5.23. The summed E-state index contributed by atoms with van der Waals surface area (Å²) >= 11 is 0. The van der Waals surface area contributed by atoms with Gasteiger partial charge in [0.05, 0.1) is 6.20 Å². The lowest BCUT2D eigenvalue weighted by Crippen LogP contribution is -2.31. The van der Waals surface area contributed by atoms with Gasteiger partial charge in [0, 0.05) is 23.8 Å². The van der Waals surface area contributed by atoms with Crippen LogP contribution in [0.2, 0.25) is 0 Å². The van der Waals surface area contributed by atoms with Crippen molar-refractivity contribution in [2.45, 2.75) is 0 Å². The Labute approximate surface area is 181 Å². The number of hydrogen-bond donors (Lipinski definition) is 0. The minimum absolute atomic E-state index is 0.571. The monoisotopic (exact) mass is 401 g/mol. The van der Waals surface area contributed by atoms with E-state index in [1.807, 2.05) is 71.6 Å². The summed E-state index contributed by atoms with van der Waals surface area (Å²) in [6, 6.07) is 34.9. The SMILES string of the molecule is C(=C(\c1ncc(-c2ccccc2)o1)[n+]1ccccc1)/c1ccc(-c2ccccc2)cc1. The van der Waals surface area contributed by atoms with Gasteiger partial charge in [0.15, 0.2) is 18.2 Å². The molecule has 0 bridgehead atoms. The summed E-state index contributed by atoms with van der Waals surface area (Å²) in [5.41, 5.74) is 5.34. The maximum absolute atomic E-state index is 6.15. The van der Waals surface area contributed by atoms with Gasteiger partial charge in [-0.25, -0.2) is 4.98 Å². The van der Waals surface area contributed by atoms with E-state index in [4.69, 9.17) is 4.42 Å². The molecule has 0 saturated heterocycles. The molecule has 148 valence electrons. The summed E-state index contributed by atoms with van der Waals surface area (Å²) in [5, 5.41) is 0. The maximum atomic E-state index is 6.15. The van der Waals surface area contributed by atoms with Crippen LogP contribution in [-0.4, -0.2) is 4.98 Å². The Morgan fingerprint density at radius 3 is 1.90 bits per heavy atom. The topological polar surface area (TPSA) is 29.9 Å². The average molecular weight is 401 g/mol. The van der Waals surface area contributed by atoms with Crippen LogP contribution in [0.4, 0.5) is 0 Å². The molecule has 3 aromatic carbocycles. The van der Waals surface area contributed by atoms with Crippen molar-refractivity contribution in [2.75, 3.05) is 0 Å². The van der Waals surface area contributed by atoms with Gasteiger partial charge in [0.1, 0.15) is 0 Å². The third-order valence-electron chi connectivity index (χ3n) is 5.10. The van der Waals surface area contributed by atoms with Crippen LogP contribution < -0.4 is 4.57 Å². The predicted octanol–water partition coefficient (Wildman–Crippen LogP) is 6.34. The summed E-state index contributed by atoms with van der Waals surface area (Å²) in [4.78, 5) is 4.57. The summed E-state index contributed by atoms with van der Waals surface area (Å²) in [7, 11) is 0. The normalized spacial score (nSPS) is 11.4. The largest absolute Gasteiger partial charge is 0.432 e. The molecule has 0 amide bonds. The highest BCUT2D eigenvalue weighted by molar-refractivity contribution is 5.75. The molecule has 0 aliphatic carbocycles. The van der Waals surface area contributed by atoms with Crippen molar-refractivity contribution in [2.24, 2.45) is 0 Å². The smallest absolute Gasteiger partial charge is 0.294 e. The van der Waals surface area contributed by atoms with Crippen LogP contribution in [0.15, 0.2) is 126 Å². The van der Waals surface area contributed by atoms with E-state index in [-0.39, 0.29) is 0 Å². The molecule has 0 spiro atoms. The van der Waals surface area contributed by atoms with Crippen molar-refractivity contribution >= 4 is 11.8 Å². The summed E-state index contributed by atoms with van der Waals surface area (Å²) in [6.07, 6.45) is 7.86. The molecule has 0 atom stereocenters. The van der Waals surface area contributed by atoms with Crippen LogP contribution in [0.25, 0.3) is 34.2 Å². The molecule has 0 unspecified atom stereocenters. The van der Waals surface area contributed by atoms with Crippen LogP contribution in [0.5, 0.6) is 0 Å². The van der Waals surface area contributed by atoms with Crippen molar-refractivity contribution in [1.29, 1.82) is 0 Å². The number of hydrogen-bond acceptors (Lipinski definition) is 2. The highest BCUT2D eigenvalue weighted by Crippen LogP contribution is 2.25. The molecule has 5 rings (SSSR count). The summed E-state index contributed by atoms with van der Waals surface area (Å²) in [5.74, 6) is 1.32. The van der Waals surface area contributed by atoms with E-state index in [0.29, 0.717) is 5.89 Å². The van der Waals surface area contributed by atoms with Gasteiger partial charge in [-0.05, 0) is 16.7 Å². The molecule has 3 nitrogen and oxygen atoms in total. The molecule has 0 fully saturated rings. The van der Waals surface area contributed by atoms with Gasteiger partial charge in [-0.2, -0.15) is 4.57 Å².